The van der Waals surface area contributed by atoms with Gasteiger partial charge in [-0.25, -0.2) is 0 Å². The number of carbonyl (C=O) groups is 1. The molecule has 0 radical (unpaired) electrons. The Kier molecular flexibility index (Phi) is 3.41. The highest BCUT2D eigenvalue weighted by Crippen LogP contribution is 2.23. The predicted octanol–water partition coefficient (Wildman–Crippen LogP) is 1.21. The summed E-state index contributed by atoms with van der Waals surface area (Å²) in [6.45, 7) is 4.59. The van der Waals surface area contributed by atoms with Gasteiger partial charge in [-0.2, -0.15) is 0 Å². The van der Waals surface area contributed by atoms with Crippen LogP contribution in [0.5, 0.6) is 0 Å². The summed E-state index contributed by atoms with van der Waals surface area (Å²) in [7, 11) is 0. The van der Waals surface area contributed by atoms with Crippen LogP contribution in [0.15, 0.2) is 11.1 Å². The second-order valence-electron chi connectivity index (χ2n) is 4.69. The van der Waals surface area contributed by atoms with Gasteiger partial charge in [-0.3, -0.25) is 4.79 Å². The van der Waals surface area contributed by atoms with Gasteiger partial charge in [0.2, 0.25) is 5.91 Å². The molecule has 0 spiro atoms. The van der Waals surface area contributed by atoms with Crippen LogP contribution in [0, 0.1) is 5.92 Å². The summed E-state index contributed by atoms with van der Waals surface area (Å²) in [5.41, 5.74) is 2.19. The molecule has 2 fully saturated rings. The number of nitrogens with one attached hydrogen (secondary N) is 2. The van der Waals surface area contributed by atoms with Gasteiger partial charge in [0, 0.05) is 25.2 Å². The van der Waals surface area contributed by atoms with Crippen molar-refractivity contribution in [2.24, 2.45) is 5.92 Å². The summed E-state index contributed by atoms with van der Waals surface area (Å²) in [6, 6.07) is 0. The molecule has 0 unspecified atom stereocenters. The molecule has 1 saturated heterocycles. The van der Waals surface area contributed by atoms with E-state index >= 15 is 0 Å². The van der Waals surface area contributed by atoms with Gasteiger partial charge in [0.25, 0.3) is 0 Å². The van der Waals surface area contributed by atoms with Crippen molar-refractivity contribution in [3.63, 3.8) is 0 Å². The van der Waals surface area contributed by atoms with Crippen LogP contribution >= 0.6 is 0 Å². The van der Waals surface area contributed by atoms with Gasteiger partial charge in [0.05, 0.1) is 0 Å². The topological polar surface area (TPSA) is 41.1 Å². The van der Waals surface area contributed by atoms with E-state index in [9.17, 15) is 4.79 Å². The minimum absolute atomic E-state index is 0.137. The number of carbonyl (C=O) groups excluding carboxylic acids is 1. The monoisotopic (exact) mass is 208 g/mol. The molecule has 2 rings (SSSR count). The average molecular weight is 208 g/mol. The van der Waals surface area contributed by atoms with Crippen molar-refractivity contribution in [2.75, 3.05) is 19.6 Å². The van der Waals surface area contributed by atoms with E-state index in [-0.39, 0.29) is 5.91 Å². The van der Waals surface area contributed by atoms with Gasteiger partial charge < -0.3 is 10.6 Å². The normalized spacial score (nSPS) is 21.3. The quantitative estimate of drug-likeness (QED) is 0.685. The molecule has 0 aromatic heterocycles. The van der Waals surface area contributed by atoms with Crippen molar-refractivity contribution < 1.29 is 4.79 Å². The van der Waals surface area contributed by atoms with E-state index in [0.717, 1.165) is 31.1 Å². The van der Waals surface area contributed by atoms with Crippen molar-refractivity contribution in [3.05, 3.63) is 11.1 Å². The van der Waals surface area contributed by atoms with E-state index in [0.29, 0.717) is 0 Å². The van der Waals surface area contributed by atoms with Crippen molar-refractivity contribution in [1.82, 2.24) is 10.6 Å². The number of rotatable bonds is 3. The number of hydrogen-bond acceptors (Lipinski definition) is 2. The molecule has 2 N–H and O–H groups in total. The maximum atomic E-state index is 11.7. The Morgan fingerprint density at radius 2 is 2.07 bits per heavy atom. The molecule has 0 aromatic rings. The molecule has 0 atom stereocenters. The van der Waals surface area contributed by atoms with Crippen LogP contribution in [0.3, 0.4) is 0 Å². The first-order valence-corrected chi connectivity index (χ1v) is 5.95. The lowest BCUT2D eigenvalue weighted by Crippen LogP contribution is -2.38. The fraction of sp³-hybridized carbons (Fsp3) is 0.750. The number of amides is 1. The third-order valence-corrected chi connectivity index (χ3v) is 3.57. The second kappa shape index (κ2) is 4.79. The van der Waals surface area contributed by atoms with Crippen LogP contribution in [0.25, 0.3) is 0 Å². The molecule has 15 heavy (non-hydrogen) atoms. The Hall–Kier alpha value is -0.830. The molecular formula is C12H20N2O. The van der Waals surface area contributed by atoms with E-state index in [4.69, 9.17) is 0 Å². The zero-order valence-corrected chi connectivity index (χ0v) is 9.44. The van der Waals surface area contributed by atoms with Crippen LogP contribution in [0.4, 0.5) is 0 Å². The smallest absolute Gasteiger partial charge is 0.246 e. The zero-order chi connectivity index (χ0) is 10.7. The molecular weight excluding hydrogens is 188 g/mol. The second-order valence-corrected chi connectivity index (χ2v) is 4.69. The van der Waals surface area contributed by atoms with Crippen molar-refractivity contribution in [3.8, 4) is 0 Å². The molecule has 84 valence electrons. The maximum absolute atomic E-state index is 11.7. The first-order valence-electron chi connectivity index (χ1n) is 5.95. The highest BCUT2D eigenvalue weighted by atomic mass is 16.1. The highest BCUT2D eigenvalue weighted by molar-refractivity contribution is 5.93. The van der Waals surface area contributed by atoms with Gasteiger partial charge in [-0.1, -0.05) is 12.8 Å². The Morgan fingerprint density at radius 1 is 1.40 bits per heavy atom. The fourth-order valence-electron chi connectivity index (χ4n) is 2.26. The van der Waals surface area contributed by atoms with Crippen LogP contribution in [0.1, 0.15) is 32.6 Å². The first-order chi connectivity index (χ1) is 7.27. The van der Waals surface area contributed by atoms with Crippen molar-refractivity contribution in [2.45, 2.75) is 32.6 Å². The van der Waals surface area contributed by atoms with Crippen molar-refractivity contribution in [1.29, 1.82) is 0 Å². The summed E-state index contributed by atoms with van der Waals surface area (Å²) >= 11 is 0. The minimum Gasteiger partial charge on any atom is -0.352 e. The predicted molar refractivity (Wildman–Crippen MR) is 60.5 cm³/mol. The first kappa shape index (κ1) is 10.7. The van der Waals surface area contributed by atoms with E-state index in [2.05, 4.69) is 10.6 Å². The van der Waals surface area contributed by atoms with E-state index in [1.54, 1.807) is 0 Å². The van der Waals surface area contributed by atoms with Crippen molar-refractivity contribution >= 4 is 5.91 Å². The molecule has 3 nitrogen and oxygen atoms in total. The highest BCUT2D eigenvalue weighted by Gasteiger charge is 2.18. The maximum Gasteiger partial charge on any atom is 0.246 e. The molecule has 1 amide bonds. The Labute approximate surface area is 91.3 Å². The summed E-state index contributed by atoms with van der Waals surface area (Å²) in [4.78, 5) is 11.7. The van der Waals surface area contributed by atoms with Gasteiger partial charge >= 0.3 is 0 Å². The van der Waals surface area contributed by atoms with E-state index in [1.807, 2.05) is 6.92 Å². The minimum atomic E-state index is 0.137. The summed E-state index contributed by atoms with van der Waals surface area (Å²) in [5.74, 6) is 0.865. The molecule has 1 aliphatic heterocycles. The largest absolute Gasteiger partial charge is 0.352 e. The molecule has 1 saturated carbocycles. The summed E-state index contributed by atoms with van der Waals surface area (Å²) in [6.07, 6.45) is 5.25. The Morgan fingerprint density at radius 3 is 2.60 bits per heavy atom. The summed E-state index contributed by atoms with van der Waals surface area (Å²) in [5, 5.41) is 6.21. The SMILES string of the molecule is CC(C(=O)NCC1CCCC1)=C1CNC1. The van der Waals surface area contributed by atoms with Crippen LogP contribution in [-0.4, -0.2) is 25.5 Å². The molecule has 1 aliphatic carbocycles. The molecule has 1 heterocycles. The average Bonchev–Trinajstić information content (AvgIpc) is 2.63. The molecule has 2 aliphatic rings. The van der Waals surface area contributed by atoms with Crippen LogP contribution < -0.4 is 10.6 Å². The summed E-state index contributed by atoms with van der Waals surface area (Å²) < 4.78 is 0. The Bertz CT molecular complexity index is 271. The van der Waals surface area contributed by atoms with Gasteiger partial charge in [0.1, 0.15) is 0 Å². The Balaban J connectivity index is 1.76. The molecule has 0 aromatic carbocycles. The fourth-order valence-corrected chi connectivity index (χ4v) is 2.26. The van der Waals surface area contributed by atoms with Gasteiger partial charge in [-0.05, 0) is 31.3 Å². The third-order valence-electron chi connectivity index (χ3n) is 3.57. The lowest BCUT2D eigenvalue weighted by atomic mass is 10.0. The standard InChI is InChI=1S/C12H20N2O/c1-9(11-7-13-8-11)12(15)14-6-10-4-2-3-5-10/h10,13H,2-8H2,1H3,(H,14,15). The molecule has 0 bridgehead atoms. The van der Waals surface area contributed by atoms with Crippen LogP contribution in [-0.2, 0) is 4.79 Å². The number of hydrogen-bond donors (Lipinski definition) is 2. The lowest BCUT2D eigenvalue weighted by molar-refractivity contribution is -0.117. The lowest BCUT2D eigenvalue weighted by Gasteiger charge is -2.21. The van der Waals surface area contributed by atoms with Gasteiger partial charge in [-0.15, -0.1) is 0 Å². The zero-order valence-electron chi connectivity index (χ0n) is 9.44. The molecule has 3 heteroatoms. The van der Waals surface area contributed by atoms with Gasteiger partial charge in [0.15, 0.2) is 0 Å². The third kappa shape index (κ3) is 2.59. The van der Waals surface area contributed by atoms with E-state index in [1.165, 1.54) is 31.3 Å². The van der Waals surface area contributed by atoms with Crippen LogP contribution in [0.2, 0.25) is 0 Å². The van der Waals surface area contributed by atoms with E-state index < -0.39 is 0 Å².